The first-order valence-electron chi connectivity index (χ1n) is 6.00. The van der Waals surface area contributed by atoms with Gasteiger partial charge in [-0.2, -0.15) is 0 Å². The predicted octanol–water partition coefficient (Wildman–Crippen LogP) is 3.48. The lowest BCUT2D eigenvalue weighted by atomic mass is 10.1. The van der Waals surface area contributed by atoms with Crippen molar-refractivity contribution < 1.29 is 14.1 Å². The highest BCUT2D eigenvalue weighted by atomic mass is 79.9. The van der Waals surface area contributed by atoms with E-state index in [1.165, 1.54) is 6.07 Å². The van der Waals surface area contributed by atoms with Gasteiger partial charge in [-0.3, -0.25) is 10.1 Å². The van der Waals surface area contributed by atoms with Crippen LogP contribution in [0.5, 0.6) is 0 Å². The Morgan fingerprint density at radius 3 is 2.95 bits per heavy atom. The Morgan fingerprint density at radius 1 is 1.63 bits per heavy atom. The number of halogens is 2. The molecule has 1 fully saturated rings. The van der Waals surface area contributed by atoms with E-state index in [1.807, 2.05) is 6.92 Å². The summed E-state index contributed by atoms with van der Waals surface area (Å²) < 4.78 is 19.1. The van der Waals surface area contributed by atoms with E-state index >= 15 is 0 Å². The molecule has 0 bridgehead atoms. The minimum atomic E-state index is -0.535. The van der Waals surface area contributed by atoms with Crippen molar-refractivity contribution in [2.24, 2.45) is 0 Å². The molecule has 1 N–H and O–H groups in total. The molecule has 0 amide bonds. The fourth-order valence-electron chi connectivity index (χ4n) is 2.14. The van der Waals surface area contributed by atoms with E-state index in [0.717, 1.165) is 18.9 Å². The van der Waals surface area contributed by atoms with Crippen molar-refractivity contribution in [3.8, 4) is 0 Å². The van der Waals surface area contributed by atoms with Crippen molar-refractivity contribution in [1.82, 2.24) is 0 Å². The molecule has 0 aromatic heterocycles. The topological polar surface area (TPSA) is 64.4 Å². The second kappa shape index (κ2) is 5.83. The number of ether oxygens (including phenoxy) is 1. The van der Waals surface area contributed by atoms with Gasteiger partial charge < -0.3 is 10.1 Å². The van der Waals surface area contributed by atoms with E-state index in [2.05, 4.69) is 21.2 Å². The van der Waals surface area contributed by atoms with Crippen LogP contribution in [0.3, 0.4) is 0 Å². The fourth-order valence-corrected chi connectivity index (χ4v) is 2.47. The van der Waals surface area contributed by atoms with Gasteiger partial charge in [0.05, 0.1) is 15.5 Å². The number of nitro groups is 1. The van der Waals surface area contributed by atoms with Crippen LogP contribution in [-0.2, 0) is 4.74 Å². The van der Waals surface area contributed by atoms with Crippen molar-refractivity contribution >= 4 is 27.3 Å². The van der Waals surface area contributed by atoms with Gasteiger partial charge in [0.2, 0.25) is 0 Å². The molecule has 2 unspecified atom stereocenters. The van der Waals surface area contributed by atoms with Crippen LogP contribution in [-0.4, -0.2) is 23.7 Å². The van der Waals surface area contributed by atoms with Crippen LogP contribution in [0.25, 0.3) is 0 Å². The van der Waals surface area contributed by atoms with Crippen LogP contribution in [0, 0.1) is 15.9 Å². The summed E-state index contributed by atoms with van der Waals surface area (Å²) in [6.07, 6.45) is 1.89. The van der Waals surface area contributed by atoms with Crippen LogP contribution in [0.15, 0.2) is 16.6 Å². The van der Waals surface area contributed by atoms with Gasteiger partial charge in [0, 0.05) is 24.8 Å². The van der Waals surface area contributed by atoms with Crippen molar-refractivity contribution in [2.75, 3.05) is 11.9 Å². The highest BCUT2D eigenvalue weighted by molar-refractivity contribution is 9.10. The molecule has 2 rings (SSSR count). The molecule has 2 atom stereocenters. The molecule has 0 spiro atoms. The van der Waals surface area contributed by atoms with Gasteiger partial charge in [-0.25, -0.2) is 4.39 Å². The van der Waals surface area contributed by atoms with Crippen molar-refractivity contribution in [3.63, 3.8) is 0 Å². The van der Waals surface area contributed by atoms with Gasteiger partial charge in [-0.1, -0.05) is 0 Å². The molecule has 1 heterocycles. The molecule has 0 radical (unpaired) electrons. The Labute approximate surface area is 118 Å². The first-order valence-corrected chi connectivity index (χ1v) is 6.80. The summed E-state index contributed by atoms with van der Waals surface area (Å²) >= 11 is 2.95. The van der Waals surface area contributed by atoms with Crippen LogP contribution < -0.4 is 5.32 Å². The summed E-state index contributed by atoms with van der Waals surface area (Å²) in [6.45, 7) is 2.58. The molecule has 5 nitrogen and oxygen atoms in total. The van der Waals surface area contributed by atoms with Crippen LogP contribution in [0.2, 0.25) is 0 Å². The first kappa shape index (κ1) is 14.2. The Morgan fingerprint density at radius 2 is 2.37 bits per heavy atom. The van der Waals surface area contributed by atoms with Crippen LogP contribution in [0.4, 0.5) is 15.8 Å². The number of hydrogen-bond donors (Lipinski definition) is 1. The Kier molecular flexibility index (Phi) is 4.36. The Hall–Kier alpha value is -1.21. The normalized spacial score (nSPS) is 20.3. The molecule has 1 aliphatic heterocycles. The van der Waals surface area contributed by atoms with E-state index in [4.69, 9.17) is 4.74 Å². The highest BCUT2D eigenvalue weighted by Gasteiger charge is 2.25. The zero-order chi connectivity index (χ0) is 14.0. The molecule has 1 aromatic rings. The van der Waals surface area contributed by atoms with E-state index < -0.39 is 10.7 Å². The molecule has 1 saturated heterocycles. The molecular formula is C12H14BrFN2O3. The second-order valence-electron chi connectivity index (χ2n) is 4.53. The predicted molar refractivity (Wildman–Crippen MR) is 72.8 cm³/mol. The molecule has 104 valence electrons. The number of rotatable bonds is 4. The van der Waals surface area contributed by atoms with Crippen molar-refractivity contribution in [2.45, 2.75) is 31.9 Å². The smallest absolute Gasteiger partial charge is 0.293 e. The molecular weight excluding hydrogens is 319 g/mol. The number of nitro benzene ring substituents is 1. The number of anilines is 1. The molecule has 19 heavy (non-hydrogen) atoms. The lowest BCUT2D eigenvalue weighted by Gasteiger charge is -2.21. The summed E-state index contributed by atoms with van der Waals surface area (Å²) in [5.74, 6) is -0.535. The summed E-state index contributed by atoms with van der Waals surface area (Å²) in [7, 11) is 0. The average molecular weight is 333 g/mol. The maximum atomic E-state index is 13.5. The molecule has 0 aliphatic carbocycles. The van der Waals surface area contributed by atoms with Crippen molar-refractivity contribution in [3.05, 3.63) is 32.5 Å². The monoisotopic (exact) mass is 332 g/mol. The number of nitrogens with zero attached hydrogens (tertiary/aromatic N) is 1. The highest BCUT2D eigenvalue weighted by Crippen LogP contribution is 2.32. The van der Waals surface area contributed by atoms with Gasteiger partial charge in [0.1, 0.15) is 11.5 Å². The summed E-state index contributed by atoms with van der Waals surface area (Å²) in [6, 6.07) is 2.19. The minimum Gasteiger partial charge on any atom is -0.376 e. The van der Waals surface area contributed by atoms with Gasteiger partial charge >= 0.3 is 0 Å². The van der Waals surface area contributed by atoms with Gasteiger partial charge in [0.15, 0.2) is 0 Å². The van der Waals surface area contributed by atoms with E-state index in [-0.39, 0.29) is 28.0 Å². The van der Waals surface area contributed by atoms with Crippen LogP contribution >= 0.6 is 15.9 Å². The summed E-state index contributed by atoms with van der Waals surface area (Å²) in [5, 5.41) is 14.0. The standard InChI is InChI=1S/C12H14BrFN2O3/c1-7(12-3-2-4-19-12)15-10-6-9(14)8(13)5-11(10)16(17)18/h5-7,12,15H,2-4H2,1H3. The quantitative estimate of drug-likeness (QED) is 0.677. The fraction of sp³-hybridized carbons (Fsp3) is 0.500. The molecule has 0 saturated carbocycles. The molecule has 1 aromatic carbocycles. The maximum absolute atomic E-state index is 13.5. The second-order valence-corrected chi connectivity index (χ2v) is 5.38. The number of nitrogens with one attached hydrogen (secondary N) is 1. The number of benzene rings is 1. The summed E-state index contributed by atoms with van der Waals surface area (Å²) in [5.41, 5.74) is 0.0202. The van der Waals surface area contributed by atoms with Crippen molar-refractivity contribution in [1.29, 1.82) is 0 Å². The molecule has 7 heteroatoms. The Balaban J connectivity index is 2.22. The largest absolute Gasteiger partial charge is 0.376 e. The van der Waals surface area contributed by atoms with Gasteiger partial charge in [-0.05, 0) is 35.7 Å². The zero-order valence-electron chi connectivity index (χ0n) is 10.4. The maximum Gasteiger partial charge on any atom is 0.293 e. The van der Waals surface area contributed by atoms with Gasteiger partial charge in [-0.15, -0.1) is 0 Å². The first-order chi connectivity index (χ1) is 8.99. The average Bonchev–Trinajstić information content (AvgIpc) is 2.86. The van der Waals surface area contributed by atoms with E-state index in [1.54, 1.807) is 0 Å². The molecule has 1 aliphatic rings. The minimum absolute atomic E-state index is 0.00584. The van der Waals surface area contributed by atoms with E-state index in [0.29, 0.717) is 6.61 Å². The SMILES string of the molecule is CC(Nc1cc(F)c(Br)cc1[N+](=O)[O-])C1CCCO1. The zero-order valence-corrected chi connectivity index (χ0v) is 11.9. The lowest BCUT2D eigenvalue weighted by molar-refractivity contribution is -0.384. The van der Waals surface area contributed by atoms with E-state index in [9.17, 15) is 14.5 Å². The number of hydrogen-bond acceptors (Lipinski definition) is 4. The van der Waals surface area contributed by atoms with Gasteiger partial charge in [0.25, 0.3) is 5.69 Å². The third-order valence-corrected chi connectivity index (χ3v) is 3.75. The third kappa shape index (κ3) is 3.22. The Bertz CT molecular complexity index is 492. The summed E-state index contributed by atoms with van der Waals surface area (Å²) in [4.78, 5) is 10.4. The van der Waals surface area contributed by atoms with Crippen LogP contribution in [0.1, 0.15) is 19.8 Å². The lowest BCUT2D eigenvalue weighted by Crippen LogP contribution is -2.30. The third-order valence-electron chi connectivity index (χ3n) is 3.14.